The molecule has 1 amide bonds. The highest BCUT2D eigenvalue weighted by Gasteiger charge is 2.30. The number of carbonyl (C=O) groups is 1. The van der Waals surface area contributed by atoms with E-state index in [1.54, 1.807) is 17.8 Å². The number of fused-ring (bicyclic) bond motifs is 3. The van der Waals surface area contributed by atoms with Gasteiger partial charge in [0.15, 0.2) is 5.65 Å². The maximum absolute atomic E-state index is 13.0. The minimum atomic E-state index is -4.39. The van der Waals surface area contributed by atoms with Gasteiger partial charge in [0.2, 0.25) is 0 Å². The summed E-state index contributed by atoms with van der Waals surface area (Å²) in [6.45, 7) is 1.77. The molecule has 3 heterocycles. The predicted molar refractivity (Wildman–Crippen MR) is 116 cm³/mol. The molecule has 0 aliphatic carbocycles. The highest BCUT2D eigenvalue weighted by atomic mass is 19.4. The van der Waals surface area contributed by atoms with E-state index in [1.807, 2.05) is 22.9 Å². The van der Waals surface area contributed by atoms with Gasteiger partial charge in [0.05, 0.1) is 11.1 Å². The molecule has 166 valence electrons. The van der Waals surface area contributed by atoms with E-state index in [0.717, 1.165) is 54.4 Å². The number of amides is 1. The molecule has 5 rings (SSSR count). The van der Waals surface area contributed by atoms with Crippen LogP contribution < -0.4 is 10.6 Å². The fourth-order valence-corrected chi connectivity index (χ4v) is 4.33. The van der Waals surface area contributed by atoms with Crippen LogP contribution in [0.4, 0.5) is 13.2 Å². The number of nitrogens with zero attached hydrogens (tertiary/aromatic N) is 3. The number of aromatic nitrogens is 3. The van der Waals surface area contributed by atoms with Gasteiger partial charge in [0, 0.05) is 41.3 Å². The van der Waals surface area contributed by atoms with Crippen molar-refractivity contribution in [3.8, 4) is 5.69 Å². The van der Waals surface area contributed by atoms with Crippen molar-refractivity contribution in [1.82, 2.24) is 25.0 Å². The number of piperidine rings is 1. The summed E-state index contributed by atoms with van der Waals surface area (Å²) in [5.74, 6) is -0.127. The highest BCUT2D eigenvalue weighted by Crippen LogP contribution is 2.34. The van der Waals surface area contributed by atoms with Crippen LogP contribution in [-0.2, 0) is 13.2 Å². The zero-order chi connectivity index (χ0) is 22.5. The molecule has 2 aromatic carbocycles. The number of benzene rings is 2. The molecule has 6 nitrogen and oxygen atoms in total. The van der Waals surface area contributed by atoms with Crippen molar-refractivity contribution in [2.45, 2.75) is 25.1 Å². The van der Waals surface area contributed by atoms with Crippen molar-refractivity contribution in [3.05, 3.63) is 59.8 Å². The van der Waals surface area contributed by atoms with Crippen LogP contribution in [0.5, 0.6) is 0 Å². The lowest BCUT2D eigenvalue weighted by molar-refractivity contribution is -0.137. The number of aryl methyl sites for hydroxylation is 1. The molecule has 2 aromatic heterocycles. The molecular formula is C23H22F3N5O. The Morgan fingerprint density at radius 3 is 2.50 bits per heavy atom. The summed E-state index contributed by atoms with van der Waals surface area (Å²) in [6.07, 6.45) is -0.753. The first-order valence-electron chi connectivity index (χ1n) is 10.5. The van der Waals surface area contributed by atoms with Crippen molar-refractivity contribution in [3.63, 3.8) is 0 Å². The van der Waals surface area contributed by atoms with E-state index in [4.69, 9.17) is 0 Å². The number of halogens is 3. The summed E-state index contributed by atoms with van der Waals surface area (Å²) in [7, 11) is 1.79. The van der Waals surface area contributed by atoms with E-state index in [2.05, 4.69) is 15.7 Å². The SMILES string of the molecule is Cn1cc2c3cc(C(=O)NC4CCNCC4)ccc3n(-c3ccc(C(F)(F)F)cc3)c2n1. The standard InChI is InChI=1S/C23H22F3N5O/c1-30-13-19-18-12-14(22(32)28-16-8-10-27-11-9-16)2-7-20(18)31(21(19)29-30)17-5-3-15(4-6-17)23(24,25)26/h2-7,12-13,16,27H,8-11H2,1H3,(H,28,32). The summed E-state index contributed by atoms with van der Waals surface area (Å²) in [4.78, 5) is 12.8. The van der Waals surface area contributed by atoms with Crippen LogP contribution in [0.3, 0.4) is 0 Å². The molecule has 9 heteroatoms. The van der Waals surface area contributed by atoms with Crippen LogP contribution in [0.15, 0.2) is 48.7 Å². The van der Waals surface area contributed by atoms with Gasteiger partial charge in [0.25, 0.3) is 5.91 Å². The number of alkyl halides is 3. The van der Waals surface area contributed by atoms with Crippen LogP contribution in [0.2, 0.25) is 0 Å². The third kappa shape index (κ3) is 3.62. The predicted octanol–water partition coefficient (Wildman–Crippen LogP) is 4.02. The van der Waals surface area contributed by atoms with Crippen molar-refractivity contribution in [2.75, 3.05) is 13.1 Å². The smallest absolute Gasteiger partial charge is 0.349 e. The van der Waals surface area contributed by atoms with E-state index in [1.165, 1.54) is 12.1 Å². The van der Waals surface area contributed by atoms with Crippen LogP contribution in [0.25, 0.3) is 27.6 Å². The Balaban J connectivity index is 1.57. The molecule has 2 N–H and O–H groups in total. The average molecular weight is 441 g/mol. The molecule has 0 atom stereocenters. The third-order valence-corrected chi connectivity index (χ3v) is 5.94. The Bertz CT molecular complexity index is 1300. The molecule has 0 unspecified atom stereocenters. The summed E-state index contributed by atoms with van der Waals surface area (Å²) >= 11 is 0. The van der Waals surface area contributed by atoms with Crippen LogP contribution in [-0.4, -0.2) is 39.4 Å². The van der Waals surface area contributed by atoms with Gasteiger partial charge in [-0.15, -0.1) is 0 Å². The maximum Gasteiger partial charge on any atom is 0.416 e. The minimum absolute atomic E-state index is 0.127. The van der Waals surface area contributed by atoms with Gasteiger partial charge < -0.3 is 10.6 Å². The fraction of sp³-hybridized carbons (Fsp3) is 0.304. The van der Waals surface area contributed by atoms with E-state index < -0.39 is 11.7 Å². The first-order chi connectivity index (χ1) is 15.3. The van der Waals surface area contributed by atoms with Gasteiger partial charge in [-0.25, -0.2) is 0 Å². The van der Waals surface area contributed by atoms with E-state index in [9.17, 15) is 18.0 Å². The number of nitrogens with one attached hydrogen (secondary N) is 2. The van der Waals surface area contributed by atoms with Gasteiger partial charge in [-0.2, -0.15) is 18.3 Å². The van der Waals surface area contributed by atoms with Crippen molar-refractivity contribution >= 4 is 27.8 Å². The van der Waals surface area contributed by atoms with Crippen molar-refractivity contribution in [1.29, 1.82) is 0 Å². The topological polar surface area (TPSA) is 63.9 Å². The molecule has 1 fully saturated rings. The third-order valence-electron chi connectivity index (χ3n) is 5.94. The normalized spacial score (nSPS) is 15.5. The Kier molecular flexibility index (Phi) is 4.93. The van der Waals surface area contributed by atoms with Gasteiger partial charge in [-0.1, -0.05) is 0 Å². The van der Waals surface area contributed by atoms with Crippen molar-refractivity contribution < 1.29 is 18.0 Å². The second-order valence-corrected chi connectivity index (χ2v) is 8.15. The number of rotatable bonds is 3. The monoisotopic (exact) mass is 441 g/mol. The number of carbonyl (C=O) groups excluding carboxylic acids is 1. The summed E-state index contributed by atoms with van der Waals surface area (Å²) in [5, 5.41) is 12.6. The van der Waals surface area contributed by atoms with Gasteiger partial charge >= 0.3 is 6.18 Å². The zero-order valence-electron chi connectivity index (χ0n) is 17.4. The quantitative estimate of drug-likeness (QED) is 0.505. The van der Waals surface area contributed by atoms with Gasteiger partial charge in [-0.3, -0.25) is 14.0 Å². The van der Waals surface area contributed by atoms with E-state index in [-0.39, 0.29) is 11.9 Å². The Hall–Kier alpha value is -3.33. The second-order valence-electron chi connectivity index (χ2n) is 8.15. The zero-order valence-corrected chi connectivity index (χ0v) is 17.4. The molecule has 0 bridgehead atoms. The molecule has 1 aliphatic heterocycles. The van der Waals surface area contributed by atoms with Crippen LogP contribution in [0.1, 0.15) is 28.8 Å². The molecule has 0 spiro atoms. The first kappa shape index (κ1) is 20.6. The molecule has 32 heavy (non-hydrogen) atoms. The Labute approximate surface area is 182 Å². The first-order valence-corrected chi connectivity index (χ1v) is 10.5. The lowest BCUT2D eigenvalue weighted by Crippen LogP contribution is -2.42. The molecule has 4 aromatic rings. The summed E-state index contributed by atoms with van der Waals surface area (Å²) < 4.78 is 42.5. The maximum atomic E-state index is 13.0. The van der Waals surface area contributed by atoms with Crippen LogP contribution >= 0.6 is 0 Å². The molecule has 1 saturated heterocycles. The lowest BCUT2D eigenvalue weighted by Gasteiger charge is -2.23. The Morgan fingerprint density at radius 2 is 1.81 bits per heavy atom. The Morgan fingerprint density at radius 1 is 1.09 bits per heavy atom. The van der Waals surface area contributed by atoms with Crippen molar-refractivity contribution in [2.24, 2.45) is 7.05 Å². The summed E-state index contributed by atoms with van der Waals surface area (Å²) in [5.41, 5.74) is 1.82. The highest BCUT2D eigenvalue weighted by molar-refractivity contribution is 6.10. The molecule has 1 aliphatic rings. The molecule has 0 saturated carbocycles. The largest absolute Gasteiger partial charge is 0.416 e. The number of hydrogen-bond donors (Lipinski definition) is 2. The molecular weight excluding hydrogens is 419 g/mol. The van der Waals surface area contributed by atoms with Crippen LogP contribution in [0, 0.1) is 0 Å². The van der Waals surface area contributed by atoms with Gasteiger partial charge in [-0.05, 0) is 68.4 Å². The fourth-order valence-electron chi connectivity index (χ4n) is 4.33. The van der Waals surface area contributed by atoms with Gasteiger partial charge in [0.1, 0.15) is 0 Å². The summed E-state index contributed by atoms with van der Waals surface area (Å²) in [6, 6.07) is 10.6. The molecule has 0 radical (unpaired) electrons. The minimum Gasteiger partial charge on any atom is -0.349 e. The average Bonchev–Trinajstić information content (AvgIpc) is 3.28. The van der Waals surface area contributed by atoms with E-state index >= 15 is 0 Å². The lowest BCUT2D eigenvalue weighted by atomic mass is 10.1. The second kappa shape index (κ2) is 7.67. The number of hydrogen-bond acceptors (Lipinski definition) is 3. The van der Waals surface area contributed by atoms with E-state index in [0.29, 0.717) is 16.9 Å².